The summed E-state index contributed by atoms with van der Waals surface area (Å²) in [5.41, 5.74) is 0.711. The molecule has 9 heteroatoms. The number of aromatic nitrogens is 2. The van der Waals surface area contributed by atoms with E-state index in [-0.39, 0.29) is 11.1 Å². The molecule has 1 unspecified atom stereocenters. The predicted octanol–water partition coefficient (Wildman–Crippen LogP) is 1.53. The van der Waals surface area contributed by atoms with E-state index < -0.39 is 10.0 Å². The van der Waals surface area contributed by atoms with Crippen molar-refractivity contribution in [3.8, 4) is 0 Å². The minimum atomic E-state index is -3.66. The SMILES string of the molecule is CC(NS(=O)(=O)c1ccc(Cl)c2nsnc12)N(C)C. The van der Waals surface area contributed by atoms with E-state index in [9.17, 15) is 8.42 Å². The lowest BCUT2D eigenvalue weighted by Crippen LogP contribution is -2.42. The van der Waals surface area contributed by atoms with Crippen LogP contribution in [0.25, 0.3) is 11.0 Å². The minimum absolute atomic E-state index is 0.0920. The largest absolute Gasteiger partial charge is 0.294 e. The van der Waals surface area contributed by atoms with Crippen LogP contribution in [0.3, 0.4) is 0 Å². The van der Waals surface area contributed by atoms with E-state index in [4.69, 9.17) is 11.6 Å². The van der Waals surface area contributed by atoms with E-state index in [1.807, 2.05) is 0 Å². The van der Waals surface area contributed by atoms with Gasteiger partial charge in [-0.05, 0) is 33.2 Å². The van der Waals surface area contributed by atoms with Crippen molar-refractivity contribution in [2.45, 2.75) is 18.0 Å². The molecule has 0 aliphatic rings. The molecule has 1 heterocycles. The Hall–Kier alpha value is -0.800. The molecule has 2 rings (SSSR count). The molecule has 1 aromatic heterocycles. The van der Waals surface area contributed by atoms with Crippen molar-refractivity contribution >= 4 is 44.4 Å². The Labute approximate surface area is 120 Å². The fourth-order valence-corrected chi connectivity index (χ4v) is 3.73. The van der Waals surface area contributed by atoms with Crippen molar-refractivity contribution in [3.05, 3.63) is 17.2 Å². The third-order valence-corrected chi connectivity index (χ3v) is 5.11. The van der Waals surface area contributed by atoms with Gasteiger partial charge < -0.3 is 0 Å². The van der Waals surface area contributed by atoms with Crippen LogP contribution >= 0.6 is 23.3 Å². The highest BCUT2D eigenvalue weighted by Crippen LogP contribution is 2.27. The lowest BCUT2D eigenvalue weighted by Gasteiger charge is -2.20. The van der Waals surface area contributed by atoms with Crippen LogP contribution in [0.15, 0.2) is 17.0 Å². The number of hydrogen-bond acceptors (Lipinski definition) is 6. The van der Waals surface area contributed by atoms with E-state index in [0.29, 0.717) is 16.1 Å². The summed E-state index contributed by atoms with van der Waals surface area (Å²) in [4.78, 5) is 1.85. The molecule has 0 saturated carbocycles. The van der Waals surface area contributed by atoms with E-state index in [1.54, 1.807) is 25.9 Å². The minimum Gasteiger partial charge on any atom is -0.294 e. The van der Waals surface area contributed by atoms with Crippen molar-refractivity contribution in [2.24, 2.45) is 0 Å². The van der Waals surface area contributed by atoms with Gasteiger partial charge in [0.05, 0.1) is 22.9 Å². The summed E-state index contributed by atoms with van der Waals surface area (Å²) in [6.45, 7) is 1.75. The van der Waals surface area contributed by atoms with E-state index in [2.05, 4.69) is 13.5 Å². The summed E-state index contributed by atoms with van der Waals surface area (Å²) >= 11 is 6.89. The number of sulfonamides is 1. The number of benzene rings is 1. The fraction of sp³-hybridized carbons (Fsp3) is 0.400. The molecule has 19 heavy (non-hydrogen) atoms. The maximum absolute atomic E-state index is 12.3. The molecule has 0 spiro atoms. The first-order valence-electron chi connectivity index (χ1n) is 5.42. The molecule has 1 aromatic carbocycles. The normalized spacial score (nSPS) is 14.2. The zero-order chi connectivity index (χ0) is 14.2. The molecule has 0 fully saturated rings. The average Bonchev–Trinajstić information content (AvgIpc) is 2.77. The number of nitrogens with one attached hydrogen (secondary N) is 1. The Morgan fingerprint density at radius 2 is 1.95 bits per heavy atom. The second-order valence-corrected chi connectivity index (χ2v) is 6.89. The van der Waals surface area contributed by atoms with Crippen molar-refractivity contribution in [1.29, 1.82) is 0 Å². The first kappa shape index (κ1) is 14.6. The summed E-state index contributed by atoms with van der Waals surface area (Å²) in [6, 6.07) is 2.96. The molecule has 0 saturated heterocycles. The molecule has 0 bridgehead atoms. The van der Waals surface area contributed by atoms with Crippen LogP contribution < -0.4 is 4.72 Å². The van der Waals surface area contributed by atoms with Gasteiger partial charge in [0, 0.05) is 0 Å². The maximum atomic E-state index is 12.3. The predicted molar refractivity (Wildman–Crippen MR) is 75.9 cm³/mol. The van der Waals surface area contributed by atoms with Gasteiger partial charge in [-0.2, -0.15) is 13.5 Å². The van der Waals surface area contributed by atoms with Gasteiger partial charge in [-0.25, -0.2) is 8.42 Å². The third-order valence-electron chi connectivity index (χ3n) is 2.72. The van der Waals surface area contributed by atoms with Gasteiger partial charge in [-0.3, -0.25) is 4.90 Å². The highest BCUT2D eigenvalue weighted by molar-refractivity contribution is 7.89. The molecule has 1 N–H and O–H groups in total. The van der Waals surface area contributed by atoms with Crippen molar-refractivity contribution in [3.63, 3.8) is 0 Å². The second kappa shape index (κ2) is 5.29. The molecule has 0 aliphatic heterocycles. The van der Waals surface area contributed by atoms with Gasteiger partial charge in [-0.1, -0.05) is 11.6 Å². The summed E-state index contributed by atoms with van der Waals surface area (Å²) in [5.74, 6) is 0. The summed E-state index contributed by atoms with van der Waals surface area (Å²) < 4.78 is 35.2. The van der Waals surface area contributed by atoms with Crippen LogP contribution in [-0.2, 0) is 10.0 Å². The van der Waals surface area contributed by atoms with Crippen LogP contribution in [0, 0.1) is 0 Å². The monoisotopic (exact) mass is 320 g/mol. The Kier molecular flexibility index (Phi) is 4.07. The molecular formula is C10H13ClN4O2S2. The summed E-state index contributed by atoms with van der Waals surface area (Å²) in [6.07, 6.45) is -0.331. The number of halogens is 1. The van der Waals surface area contributed by atoms with Gasteiger partial charge in [-0.15, -0.1) is 0 Å². The molecule has 0 amide bonds. The first-order chi connectivity index (χ1) is 8.83. The smallest absolute Gasteiger partial charge is 0.244 e. The van der Waals surface area contributed by atoms with E-state index in [0.717, 1.165) is 11.7 Å². The van der Waals surface area contributed by atoms with Crippen LogP contribution in [0.2, 0.25) is 5.02 Å². The molecule has 1 atom stereocenters. The highest BCUT2D eigenvalue weighted by Gasteiger charge is 2.23. The standard InChI is InChI=1S/C10H13ClN4O2S2/c1-6(15(2)3)14-19(16,17)8-5-4-7(11)9-10(8)13-18-12-9/h4-6,14H,1-3H3. The van der Waals surface area contributed by atoms with Crippen LogP contribution in [-0.4, -0.2) is 42.3 Å². The van der Waals surface area contributed by atoms with Crippen LogP contribution in [0.1, 0.15) is 6.92 Å². The van der Waals surface area contributed by atoms with Crippen LogP contribution in [0.5, 0.6) is 0 Å². The van der Waals surface area contributed by atoms with E-state index >= 15 is 0 Å². The van der Waals surface area contributed by atoms with Gasteiger partial charge in [0.15, 0.2) is 0 Å². The van der Waals surface area contributed by atoms with Crippen LogP contribution in [0.4, 0.5) is 0 Å². The topological polar surface area (TPSA) is 75.2 Å². The average molecular weight is 321 g/mol. The molecular weight excluding hydrogens is 308 g/mol. The lowest BCUT2D eigenvalue weighted by atomic mass is 10.3. The van der Waals surface area contributed by atoms with Gasteiger partial charge in [0.25, 0.3) is 0 Å². The fourth-order valence-electron chi connectivity index (χ4n) is 1.42. The number of rotatable bonds is 4. The van der Waals surface area contributed by atoms with Gasteiger partial charge in [0.2, 0.25) is 10.0 Å². The highest BCUT2D eigenvalue weighted by atomic mass is 35.5. The lowest BCUT2D eigenvalue weighted by molar-refractivity contribution is 0.298. The third kappa shape index (κ3) is 2.87. The summed E-state index contributed by atoms with van der Waals surface area (Å²) in [5, 5.41) is 0.392. The van der Waals surface area contributed by atoms with Crippen molar-refractivity contribution < 1.29 is 8.42 Å². The molecule has 0 radical (unpaired) electrons. The first-order valence-corrected chi connectivity index (χ1v) is 8.01. The molecule has 0 aliphatic carbocycles. The zero-order valence-corrected chi connectivity index (χ0v) is 13.0. The molecule has 2 aromatic rings. The van der Waals surface area contributed by atoms with Gasteiger partial charge in [0.1, 0.15) is 15.9 Å². The summed E-state index contributed by atoms with van der Waals surface area (Å²) in [7, 11) is -0.0905. The molecule has 104 valence electrons. The van der Waals surface area contributed by atoms with Crippen molar-refractivity contribution in [1.82, 2.24) is 18.4 Å². The Balaban J connectivity index is 2.49. The Bertz CT molecular complexity index is 699. The zero-order valence-electron chi connectivity index (χ0n) is 10.6. The number of fused-ring (bicyclic) bond motifs is 1. The second-order valence-electron chi connectivity index (χ2n) is 4.27. The van der Waals surface area contributed by atoms with Crippen molar-refractivity contribution in [2.75, 3.05) is 14.1 Å². The molecule has 6 nitrogen and oxygen atoms in total. The number of hydrogen-bond donors (Lipinski definition) is 1. The Morgan fingerprint density at radius 3 is 2.58 bits per heavy atom. The van der Waals surface area contributed by atoms with Gasteiger partial charge >= 0.3 is 0 Å². The maximum Gasteiger partial charge on any atom is 0.244 e. The Morgan fingerprint density at radius 1 is 1.32 bits per heavy atom. The van der Waals surface area contributed by atoms with E-state index in [1.165, 1.54) is 12.1 Å². The number of nitrogens with zero attached hydrogens (tertiary/aromatic N) is 3. The quantitative estimate of drug-likeness (QED) is 0.865.